The first kappa shape index (κ1) is 14.5. The molecule has 0 aromatic heterocycles. The number of hydrogen-bond donors (Lipinski definition) is 1. The van der Waals surface area contributed by atoms with Gasteiger partial charge < -0.3 is 10.1 Å². The second kappa shape index (κ2) is 6.39. The van der Waals surface area contributed by atoms with Crippen molar-refractivity contribution in [2.24, 2.45) is 17.8 Å². The Morgan fingerprint density at radius 3 is 2.53 bits per heavy atom. The van der Waals surface area contributed by atoms with E-state index in [2.05, 4.69) is 26.1 Å². The highest BCUT2D eigenvalue weighted by Crippen LogP contribution is 2.30. The zero-order chi connectivity index (χ0) is 13.0. The first-order valence-electron chi connectivity index (χ1n) is 6.81. The van der Waals surface area contributed by atoms with E-state index in [-0.39, 0.29) is 17.9 Å². The Morgan fingerprint density at radius 1 is 1.29 bits per heavy atom. The third-order valence-corrected chi connectivity index (χ3v) is 4.51. The lowest BCUT2D eigenvalue weighted by Gasteiger charge is -2.37. The summed E-state index contributed by atoms with van der Waals surface area (Å²) in [5, 5.41) is 3.61. The Morgan fingerprint density at radius 2 is 1.94 bits per heavy atom. The van der Waals surface area contributed by atoms with Crippen molar-refractivity contribution in [3.8, 4) is 0 Å². The fourth-order valence-electron chi connectivity index (χ4n) is 2.69. The maximum Gasteiger partial charge on any atom is 0.309 e. The van der Waals surface area contributed by atoms with E-state index < -0.39 is 0 Å². The fourth-order valence-corrected chi connectivity index (χ4v) is 2.69. The standard InChI is InChI=1S/C14H27NO2/c1-9-7-6-8-13(10(9)2)15-12(4)11(3)14(16)17-5/h9-13,15H,6-8H2,1-5H3. The van der Waals surface area contributed by atoms with Crippen molar-refractivity contribution >= 4 is 5.97 Å². The van der Waals surface area contributed by atoms with Crippen molar-refractivity contribution in [2.45, 2.75) is 59.0 Å². The molecule has 100 valence electrons. The van der Waals surface area contributed by atoms with Crippen LogP contribution in [0, 0.1) is 17.8 Å². The molecule has 5 atom stereocenters. The minimum absolute atomic E-state index is 0.0792. The van der Waals surface area contributed by atoms with Crippen molar-refractivity contribution in [3.63, 3.8) is 0 Å². The summed E-state index contributed by atoms with van der Waals surface area (Å²) in [7, 11) is 1.46. The van der Waals surface area contributed by atoms with Crippen LogP contribution in [0.4, 0.5) is 0 Å². The van der Waals surface area contributed by atoms with Crippen molar-refractivity contribution in [1.82, 2.24) is 5.32 Å². The number of carbonyl (C=O) groups excluding carboxylic acids is 1. The zero-order valence-electron chi connectivity index (χ0n) is 11.8. The zero-order valence-corrected chi connectivity index (χ0v) is 11.8. The molecule has 0 heterocycles. The van der Waals surface area contributed by atoms with E-state index in [4.69, 9.17) is 4.74 Å². The molecule has 0 aromatic carbocycles. The van der Waals surface area contributed by atoms with Gasteiger partial charge in [0.15, 0.2) is 0 Å². The maximum atomic E-state index is 11.5. The number of nitrogens with one attached hydrogen (secondary N) is 1. The van der Waals surface area contributed by atoms with Gasteiger partial charge >= 0.3 is 5.97 Å². The van der Waals surface area contributed by atoms with Gasteiger partial charge in [0.05, 0.1) is 13.0 Å². The number of esters is 1. The van der Waals surface area contributed by atoms with E-state index in [0.29, 0.717) is 12.0 Å². The molecule has 0 aliphatic heterocycles. The largest absolute Gasteiger partial charge is 0.469 e. The van der Waals surface area contributed by atoms with Crippen molar-refractivity contribution in [2.75, 3.05) is 7.11 Å². The number of methoxy groups -OCH3 is 1. The SMILES string of the molecule is COC(=O)C(C)C(C)NC1CCCC(C)C1C. The molecule has 0 amide bonds. The second-order valence-corrected chi connectivity index (χ2v) is 5.64. The fraction of sp³-hybridized carbons (Fsp3) is 0.929. The first-order chi connectivity index (χ1) is 7.97. The highest BCUT2D eigenvalue weighted by molar-refractivity contribution is 5.72. The maximum absolute atomic E-state index is 11.5. The lowest BCUT2D eigenvalue weighted by molar-refractivity contribution is -0.145. The Bertz CT molecular complexity index is 255. The normalized spacial score (nSPS) is 32.9. The summed E-state index contributed by atoms with van der Waals surface area (Å²) in [5.41, 5.74) is 0. The van der Waals surface area contributed by atoms with Crippen LogP contribution >= 0.6 is 0 Å². The summed E-state index contributed by atoms with van der Waals surface area (Å²) in [6, 6.07) is 0.723. The molecule has 1 fully saturated rings. The molecule has 3 heteroatoms. The molecular formula is C14H27NO2. The molecule has 0 spiro atoms. The van der Waals surface area contributed by atoms with Crippen LogP contribution in [0.15, 0.2) is 0 Å². The molecule has 0 radical (unpaired) electrons. The number of rotatable bonds is 4. The quantitative estimate of drug-likeness (QED) is 0.769. The van der Waals surface area contributed by atoms with Crippen molar-refractivity contribution in [1.29, 1.82) is 0 Å². The van der Waals surface area contributed by atoms with Crippen LogP contribution in [0.5, 0.6) is 0 Å². The second-order valence-electron chi connectivity index (χ2n) is 5.64. The van der Waals surface area contributed by atoms with E-state index in [1.165, 1.54) is 26.4 Å². The molecule has 17 heavy (non-hydrogen) atoms. The van der Waals surface area contributed by atoms with Gasteiger partial charge in [-0.2, -0.15) is 0 Å². The van der Waals surface area contributed by atoms with Crippen LogP contribution in [0.2, 0.25) is 0 Å². The van der Waals surface area contributed by atoms with Crippen LogP contribution in [0.3, 0.4) is 0 Å². The molecule has 5 unspecified atom stereocenters. The molecule has 1 saturated carbocycles. The first-order valence-corrected chi connectivity index (χ1v) is 6.81. The Labute approximate surface area is 105 Å². The molecular weight excluding hydrogens is 214 g/mol. The highest BCUT2D eigenvalue weighted by Gasteiger charge is 2.30. The van der Waals surface area contributed by atoms with Gasteiger partial charge in [-0.05, 0) is 25.2 Å². The average molecular weight is 241 g/mol. The summed E-state index contributed by atoms with van der Waals surface area (Å²) in [6.45, 7) is 8.65. The minimum Gasteiger partial charge on any atom is -0.469 e. The lowest BCUT2D eigenvalue weighted by Crippen LogP contribution is -2.48. The number of hydrogen-bond acceptors (Lipinski definition) is 3. The van der Waals surface area contributed by atoms with Crippen LogP contribution in [0.1, 0.15) is 47.0 Å². The summed E-state index contributed by atoms with van der Waals surface area (Å²) in [4.78, 5) is 11.5. The van der Waals surface area contributed by atoms with Gasteiger partial charge in [-0.25, -0.2) is 0 Å². The molecule has 0 aromatic rings. The topological polar surface area (TPSA) is 38.3 Å². The lowest BCUT2D eigenvalue weighted by atomic mass is 9.77. The van der Waals surface area contributed by atoms with Crippen molar-refractivity contribution in [3.05, 3.63) is 0 Å². The number of carbonyl (C=O) groups is 1. The predicted molar refractivity (Wildman–Crippen MR) is 69.7 cm³/mol. The monoisotopic (exact) mass is 241 g/mol. The third kappa shape index (κ3) is 3.70. The van der Waals surface area contributed by atoms with Gasteiger partial charge in [0, 0.05) is 12.1 Å². The van der Waals surface area contributed by atoms with Crippen LogP contribution in [0.25, 0.3) is 0 Å². The van der Waals surface area contributed by atoms with Crippen LogP contribution in [-0.4, -0.2) is 25.2 Å². The van der Waals surface area contributed by atoms with Gasteiger partial charge in [-0.15, -0.1) is 0 Å². The molecule has 3 nitrogen and oxygen atoms in total. The van der Waals surface area contributed by atoms with Crippen LogP contribution in [-0.2, 0) is 9.53 Å². The smallest absolute Gasteiger partial charge is 0.309 e. The van der Waals surface area contributed by atoms with Crippen LogP contribution < -0.4 is 5.32 Å². The summed E-state index contributed by atoms with van der Waals surface area (Å²) in [5.74, 6) is 1.27. The van der Waals surface area contributed by atoms with Gasteiger partial charge in [0.25, 0.3) is 0 Å². The number of ether oxygens (including phenoxy) is 1. The molecule has 0 saturated heterocycles. The van der Waals surface area contributed by atoms with E-state index >= 15 is 0 Å². The van der Waals surface area contributed by atoms with Gasteiger partial charge in [-0.1, -0.05) is 33.6 Å². The Kier molecular flexibility index (Phi) is 5.44. The molecule has 1 aliphatic carbocycles. The highest BCUT2D eigenvalue weighted by atomic mass is 16.5. The van der Waals surface area contributed by atoms with E-state index in [1.807, 2.05) is 6.92 Å². The van der Waals surface area contributed by atoms with E-state index in [0.717, 1.165) is 5.92 Å². The van der Waals surface area contributed by atoms with E-state index in [9.17, 15) is 4.79 Å². The Hall–Kier alpha value is -0.570. The van der Waals surface area contributed by atoms with E-state index in [1.54, 1.807) is 0 Å². The molecule has 1 aliphatic rings. The minimum atomic E-state index is -0.124. The summed E-state index contributed by atoms with van der Waals surface area (Å²) >= 11 is 0. The molecule has 1 N–H and O–H groups in total. The summed E-state index contributed by atoms with van der Waals surface area (Å²) in [6.07, 6.45) is 3.85. The van der Waals surface area contributed by atoms with Gasteiger partial charge in [0.2, 0.25) is 0 Å². The molecule has 0 bridgehead atoms. The van der Waals surface area contributed by atoms with Crippen molar-refractivity contribution < 1.29 is 9.53 Å². The molecule has 1 rings (SSSR count). The average Bonchev–Trinajstić information content (AvgIpc) is 2.32. The third-order valence-electron chi connectivity index (χ3n) is 4.51. The van der Waals surface area contributed by atoms with Gasteiger partial charge in [-0.3, -0.25) is 4.79 Å². The Balaban J connectivity index is 2.49. The van der Waals surface area contributed by atoms with Gasteiger partial charge in [0.1, 0.15) is 0 Å². The predicted octanol–water partition coefficient (Wildman–Crippen LogP) is 2.60. The summed E-state index contributed by atoms with van der Waals surface area (Å²) < 4.78 is 4.79.